The molecule has 6 rings (SSSR count). The van der Waals surface area contributed by atoms with Gasteiger partial charge in [0.15, 0.2) is 0 Å². The van der Waals surface area contributed by atoms with Crippen molar-refractivity contribution < 1.29 is 14.7 Å². The summed E-state index contributed by atoms with van der Waals surface area (Å²) in [7, 11) is 0. The topological polar surface area (TPSA) is 99.5 Å². The van der Waals surface area contributed by atoms with E-state index in [1.807, 2.05) is 48.7 Å². The lowest BCUT2D eigenvalue weighted by molar-refractivity contribution is -0.117. The zero-order valence-electron chi connectivity index (χ0n) is 21.5. The van der Waals surface area contributed by atoms with E-state index < -0.39 is 0 Å². The van der Waals surface area contributed by atoms with Crippen LogP contribution in [-0.4, -0.2) is 46.4 Å². The second-order valence-corrected chi connectivity index (χ2v) is 9.97. The number of aromatic nitrogens is 2. The van der Waals surface area contributed by atoms with Crippen LogP contribution in [0.1, 0.15) is 31.2 Å². The number of fused-ring (bicyclic) bond motifs is 1. The van der Waals surface area contributed by atoms with Crippen molar-refractivity contribution in [2.45, 2.75) is 38.7 Å². The van der Waals surface area contributed by atoms with Gasteiger partial charge in [-0.05, 0) is 87.2 Å². The molecule has 2 fully saturated rings. The highest BCUT2D eigenvalue weighted by molar-refractivity contribution is 5.94. The molecule has 4 aromatic rings. The van der Waals surface area contributed by atoms with Gasteiger partial charge in [0.25, 0.3) is 0 Å². The van der Waals surface area contributed by atoms with Crippen molar-refractivity contribution in [3.8, 4) is 5.69 Å². The van der Waals surface area contributed by atoms with Crippen LogP contribution >= 0.6 is 0 Å². The minimum atomic E-state index is -0.0864. The molecule has 8 heteroatoms. The molecule has 2 aliphatic rings. The van der Waals surface area contributed by atoms with Crippen molar-refractivity contribution in [1.82, 2.24) is 9.78 Å². The van der Waals surface area contributed by atoms with Crippen LogP contribution in [0.15, 0.2) is 72.9 Å². The highest BCUT2D eigenvalue weighted by Crippen LogP contribution is 2.30. The number of amides is 2. The monoisotopic (exact) mass is 511 g/mol. The van der Waals surface area contributed by atoms with Crippen LogP contribution in [0.2, 0.25) is 0 Å². The van der Waals surface area contributed by atoms with Gasteiger partial charge >= 0.3 is 0 Å². The third kappa shape index (κ3) is 6.39. The quantitative estimate of drug-likeness (QED) is 0.320. The zero-order valence-corrected chi connectivity index (χ0v) is 21.5. The summed E-state index contributed by atoms with van der Waals surface area (Å²) in [6, 6.07) is 21.7. The van der Waals surface area contributed by atoms with Gasteiger partial charge in [0.05, 0.1) is 17.3 Å². The Hall–Kier alpha value is -4.17. The van der Waals surface area contributed by atoms with E-state index in [1.54, 1.807) is 4.68 Å². The average molecular weight is 512 g/mol. The van der Waals surface area contributed by atoms with Crippen LogP contribution in [0.25, 0.3) is 16.6 Å². The van der Waals surface area contributed by atoms with Crippen molar-refractivity contribution in [2.24, 2.45) is 5.92 Å². The normalized spacial score (nSPS) is 15.5. The molecule has 0 spiro atoms. The average Bonchev–Trinajstić information content (AvgIpc) is 3.70. The molecule has 0 radical (unpaired) electrons. The van der Waals surface area contributed by atoms with E-state index in [9.17, 15) is 14.7 Å². The molecule has 1 aliphatic carbocycles. The van der Waals surface area contributed by atoms with Gasteiger partial charge in [0.1, 0.15) is 0 Å². The lowest BCUT2D eigenvalue weighted by Gasteiger charge is -2.31. The summed E-state index contributed by atoms with van der Waals surface area (Å²) in [5.74, 6) is 0.290. The van der Waals surface area contributed by atoms with Crippen LogP contribution in [0.4, 0.5) is 17.1 Å². The van der Waals surface area contributed by atoms with Gasteiger partial charge in [-0.3, -0.25) is 9.59 Å². The standard InChI is InChI=1S/C18H16N4O2.C12H17NO/c23-11-19-15-5-8-17-13(9-15)10-22(21-17)16-6-3-14(4-7-16)20-18(24)12-1-2-12;1-10-2-4-11(5-3-10)13-8-6-12(14)7-9-13/h3-12H,1-2H2,(H,19,23)(H,20,24);2-5,12,14H,6-9H2,1H3. The number of nitrogens with one attached hydrogen (secondary N) is 2. The Balaban J connectivity index is 0.000000179. The Labute approximate surface area is 222 Å². The summed E-state index contributed by atoms with van der Waals surface area (Å²) in [5, 5.41) is 20.4. The van der Waals surface area contributed by atoms with Gasteiger partial charge in [-0.15, -0.1) is 0 Å². The van der Waals surface area contributed by atoms with Crippen LogP contribution in [0.5, 0.6) is 0 Å². The smallest absolute Gasteiger partial charge is 0.227 e. The third-order valence-electron chi connectivity index (χ3n) is 6.94. The summed E-state index contributed by atoms with van der Waals surface area (Å²) in [6.45, 7) is 4.05. The second kappa shape index (κ2) is 11.5. The zero-order chi connectivity index (χ0) is 26.5. The third-order valence-corrected chi connectivity index (χ3v) is 6.94. The highest BCUT2D eigenvalue weighted by Gasteiger charge is 2.29. The van der Waals surface area contributed by atoms with Crippen LogP contribution < -0.4 is 15.5 Å². The molecule has 0 unspecified atom stereocenters. The summed E-state index contributed by atoms with van der Waals surface area (Å²) in [5.41, 5.74) is 5.85. The molecule has 1 saturated carbocycles. The molecule has 2 amide bonds. The predicted molar refractivity (Wildman–Crippen MR) is 151 cm³/mol. The molecule has 0 bridgehead atoms. The van der Waals surface area contributed by atoms with Crippen LogP contribution in [0, 0.1) is 12.8 Å². The number of carbonyl (C=O) groups is 2. The summed E-state index contributed by atoms with van der Waals surface area (Å²) in [4.78, 5) is 24.6. The maximum atomic E-state index is 11.8. The number of aliphatic hydroxyl groups is 1. The van der Waals surface area contributed by atoms with Crippen molar-refractivity contribution in [1.29, 1.82) is 0 Å². The van der Waals surface area contributed by atoms with E-state index in [4.69, 9.17) is 0 Å². The van der Waals surface area contributed by atoms with Crippen molar-refractivity contribution in [3.63, 3.8) is 0 Å². The largest absolute Gasteiger partial charge is 0.393 e. The molecule has 1 aromatic heterocycles. The van der Waals surface area contributed by atoms with Crippen LogP contribution in [0.3, 0.4) is 0 Å². The van der Waals surface area contributed by atoms with Crippen molar-refractivity contribution in [3.05, 3.63) is 78.5 Å². The van der Waals surface area contributed by atoms with Crippen LogP contribution in [-0.2, 0) is 9.59 Å². The SMILES string of the molecule is Cc1ccc(N2CCC(O)CC2)cc1.O=CNc1ccc2nn(-c3ccc(NC(=O)C4CC4)cc3)cc2c1. The molecule has 196 valence electrons. The van der Waals surface area contributed by atoms with Gasteiger partial charge in [-0.2, -0.15) is 5.10 Å². The maximum Gasteiger partial charge on any atom is 0.227 e. The molecule has 8 nitrogen and oxygen atoms in total. The van der Waals surface area contributed by atoms with Gasteiger partial charge in [-0.1, -0.05) is 17.7 Å². The predicted octanol–water partition coefficient (Wildman–Crippen LogP) is 4.90. The molecular formula is C30H33N5O3. The Bertz CT molecular complexity index is 1390. The Kier molecular flexibility index (Phi) is 7.70. The van der Waals surface area contributed by atoms with E-state index in [0.717, 1.165) is 66.7 Å². The lowest BCUT2D eigenvalue weighted by atomic mass is 10.1. The summed E-state index contributed by atoms with van der Waals surface area (Å²) >= 11 is 0. The van der Waals surface area contributed by atoms with E-state index in [1.165, 1.54) is 11.3 Å². The molecular weight excluding hydrogens is 478 g/mol. The molecule has 38 heavy (non-hydrogen) atoms. The number of hydrogen-bond acceptors (Lipinski definition) is 5. The first-order valence-corrected chi connectivity index (χ1v) is 13.1. The molecule has 2 heterocycles. The van der Waals surface area contributed by atoms with Gasteiger partial charge in [-0.25, -0.2) is 4.68 Å². The maximum absolute atomic E-state index is 11.8. The Morgan fingerprint density at radius 3 is 2.24 bits per heavy atom. The van der Waals surface area contributed by atoms with E-state index >= 15 is 0 Å². The molecule has 3 aromatic carbocycles. The highest BCUT2D eigenvalue weighted by atomic mass is 16.3. The minimum Gasteiger partial charge on any atom is -0.393 e. The fourth-order valence-electron chi connectivity index (χ4n) is 4.48. The fourth-order valence-corrected chi connectivity index (χ4v) is 4.48. The number of benzene rings is 3. The van der Waals surface area contributed by atoms with Crippen molar-refractivity contribution in [2.75, 3.05) is 28.6 Å². The molecule has 1 aliphatic heterocycles. The Morgan fingerprint density at radius 2 is 1.58 bits per heavy atom. The number of aliphatic hydroxyl groups excluding tert-OH is 1. The number of carbonyl (C=O) groups excluding carboxylic acids is 2. The van der Waals surface area contributed by atoms with E-state index in [0.29, 0.717) is 6.41 Å². The minimum absolute atomic E-state index is 0.0864. The van der Waals surface area contributed by atoms with Crippen molar-refractivity contribution >= 4 is 40.3 Å². The first-order valence-electron chi connectivity index (χ1n) is 13.1. The first-order chi connectivity index (χ1) is 18.5. The number of nitrogens with zero attached hydrogens (tertiary/aromatic N) is 3. The first kappa shape index (κ1) is 25.5. The summed E-state index contributed by atoms with van der Waals surface area (Å²) < 4.78 is 1.78. The lowest BCUT2D eigenvalue weighted by Crippen LogP contribution is -2.35. The number of hydrogen-bond donors (Lipinski definition) is 3. The summed E-state index contributed by atoms with van der Waals surface area (Å²) in [6.07, 6.45) is 6.25. The fraction of sp³-hybridized carbons (Fsp3) is 0.300. The molecule has 0 atom stereocenters. The Morgan fingerprint density at radius 1 is 0.921 bits per heavy atom. The van der Waals surface area contributed by atoms with E-state index in [2.05, 4.69) is 51.8 Å². The number of piperidine rings is 1. The number of aryl methyl sites for hydroxylation is 1. The molecule has 3 N–H and O–H groups in total. The van der Waals surface area contributed by atoms with Gasteiger partial charge in [0, 0.05) is 47.7 Å². The molecule has 1 saturated heterocycles. The second-order valence-electron chi connectivity index (χ2n) is 9.97. The number of anilines is 3. The van der Waals surface area contributed by atoms with Gasteiger partial charge < -0.3 is 20.6 Å². The number of rotatable bonds is 6. The van der Waals surface area contributed by atoms with Gasteiger partial charge in [0.2, 0.25) is 12.3 Å². The van der Waals surface area contributed by atoms with E-state index in [-0.39, 0.29) is 17.9 Å².